The van der Waals surface area contributed by atoms with Crippen LogP contribution in [0.25, 0.3) is 0 Å². The second-order valence-electron chi connectivity index (χ2n) is 6.57. The number of anilines is 2. The summed E-state index contributed by atoms with van der Waals surface area (Å²) in [4.78, 5) is 35.0. The minimum absolute atomic E-state index is 0.106. The van der Waals surface area contributed by atoms with Crippen LogP contribution >= 0.6 is 0 Å². The minimum Gasteiger partial charge on any atom is -0.449 e. The molecule has 1 saturated carbocycles. The van der Waals surface area contributed by atoms with E-state index in [-0.39, 0.29) is 23.0 Å². The van der Waals surface area contributed by atoms with E-state index in [2.05, 4.69) is 10.6 Å². The first kappa shape index (κ1) is 20.2. The second kappa shape index (κ2) is 8.21. The minimum atomic E-state index is -1.32. The van der Waals surface area contributed by atoms with Gasteiger partial charge in [-0.05, 0) is 44.0 Å². The molecule has 2 aromatic rings. The van der Waals surface area contributed by atoms with Gasteiger partial charge in [0.2, 0.25) is 0 Å². The van der Waals surface area contributed by atoms with Crippen molar-refractivity contribution < 1.29 is 28.0 Å². The zero-order valence-corrected chi connectivity index (χ0v) is 15.3. The Bertz CT molecular complexity index is 978. The molecular weight excluding hydrogens is 388 g/mol. The van der Waals surface area contributed by atoms with Crippen LogP contribution in [0.2, 0.25) is 0 Å². The highest BCUT2D eigenvalue weighted by molar-refractivity contribution is 5.98. The number of hydrogen-bond donors (Lipinski definition) is 2. The van der Waals surface area contributed by atoms with E-state index in [0.717, 1.165) is 31.0 Å². The van der Waals surface area contributed by atoms with Gasteiger partial charge in [-0.25, -0.2) is 13.6 Å². The first-order valence-electron chi connectivity index (χ1n) is 8.76. The normalized spacial score (nSPS) is 14.0. The van der Waals surface area contributed by atoms with Crippen molar-refractivity contribution in [3.05, 3.63) is 63.7 Å². The molecule has 1 fully saturated rings. The number of benzene rings is 2. The van der Waals surface area contributed by atoms with Crippen LogP contribution in [0.5, 0.6) is 0 Å². The smallest absolute Gasteiger partial charge is 0.339 e. The zero-order valence-electron chi connectivity index (χ0n) is 15.3. The lowest BCUT2D eigenvalue weighted by atomic mass is 10.1. The number of halogens is 2. The number of nitrogens with zero attached hydrogens (tertiary/aromatic N) is 1. The fourth-order valence-corrected chi connectivity index (χ4v) is 2.49. The van der Waals surface area contributed by atoms with Crippen LogP contribution in [0.4, 0.5) is 25.8 Å². The van der Waals surface area contributed by atoms with Gasteiger partial charge in [-0.2, -0.15) is 0 Å². The van der Waals surface area contributed by atoms with Gasteiger partial charge in [0.1, 0.15) is 17.3 Å². The highest BCUT2D eigenvalue weighted by Crippen LogP contribution is 2.31. The second-order valence-corrected chi connectivity index (χ2v) is 6.57. The number of hydrogen-bond acceptors (Lipinski definition) is 6. The molecule has 0 spiro atoms. The number of carbonyl (C=O) groups excluding carboxylic acids is 2. The number of esters is 1. The van der Waals surface area contributed by atoms with E-state index in [1.54, 1.807) is 0 Å². The molecular formula is C19H17F2N3O5. The van der Waals surface area contributed by atoms with Crippen molar-refractivity contribution in [2.45, 2.75) is 31.9 Å². The Kier molecular flexibility index (Phi) is 5.71. The summed E-state index contributed by atoms with van der Waals surface area (Å²) < 4.78 is 31.6. The lowest BCUT2D eigenvalue weighted by Gasteiger charge is -2.14. The summed E-state index contributed by atoms with van der Waals surface area (Å²) >= 11 is 0. The highest BCUT2D eigenvalue weighted by Gasteiger charge is 2.27. The van der Waals surface area contributed by atoms with Crippen LogP contribution < -0.4 is 10.6 Å². The Balaban J connectivity index is 1.67. The number of nitrogens with one attached hydrogen (secondary N) is 2. The van der Waals surface area contributed by atoms with Crippen LogP contribution in [0.15, 0.2) is 36.4 Å². The van der Waals surface area contributed by atoms with Crippen molar-refractivity contribution in [2.75, 3.05) is 10.6 Å². The summed E-state index contributed by atoms with van der Waals surface area (Å²) in [6.07, 6.45) is 0.514. The summed E-state index contributed by atoms with van der Waals surface area (Å²) in [5.41, 5.74) is -0.362. The Labute approximate surface area is 164 Å². The van der Waals surface area contributed by atoms with E-state index in [9.17, 15) is 28.5 Å². The quantitative estimate of drug-likeness (QED) is 0.413. The fourth-order valence-electron chi connectivity index (χ4n) is 2.49. The third kappa shape index (κ3) is 5.03. The molecule has 0 heterocycles. The predicted octanol–water partition coefficient (Wildman–Crippen LogP) is 3.63. The molecule has 0 aromatic heterocycles. The van der Waals surface area contributed by atoms with Crippen LogP contribution in [0, 0.1) is 21.7 Å². The maximum Gasteiger partial charge on any atom is 0.339 e. The van der Waals surface area contributed by atoms with Crippen LogP contribution in [0.3, 0.4) is 0 Å². The summed E-state index contributed by atoms with van der Waals surface area (Å²) in [5.74, 6) is -3.58. The Morgan fingerprint density at radius 2 is 1.86 bits per heavy atom. The van der Waals surface area contributed by atoms with Crippen molar-refractivity contribution in [1.82, 2.24) is 0 Å². The van der Waals surface area contributed by atoms with Crippen molar-refractivity contribution in [3.63, 3.8) is 0 Å². The van der Waals surface area contributed by atoms with Crippen molar-refractivity contribution in [3.8, 4) is 0 Å². The lowest BCUT2D eigenvalue weighted by molar-refractivity contribution is -0.384. The summed E-state index contributed by atoms with van der Waals surface area (Å²) in [6, 6.07) is 6.61. The van der Waals surface area contributed by atoms with Gasteiger partial charge in [-0.15, -0.1) is 0 Å². The fraction of sp³-hybridized carbons (Fsp3) is 0.263. The van der Waals surface area contributed by atoms with E-state index >= 15 is 0 Å². The lowest BCUT2D eigenvalue weighted by Crippen LogP contribution is -2.30. The van der Waals surface area contributed by atoms with E-state index < -0.39 is 34.5 Å². The number of ether oxygens (including phenoxy) is 1. The van der Waals surface area contributed by atoms with Crippen LogP contribution in [-0.2, 0) is 9.53 Å². The third-order valence-corrected chi connectivity index (χ3v) is 4.21. The van der Waals surface area contributed by atoms with Crippen LogP contribution in [0.1, 0.15) is 30.1 Å². The number of rotatable bonds is 7. The largest absolute Gasteiger partial charge is 0.449 e. The maximum absolute atomic E-state index is 13.6. The molecule has 0 aliphatic heterocycles. The average Bonchev–Trinajstić information content (AvgIpc) is 3.48. The summed E-state index contributed by atoms with van der Waals surface area (Å²) in [6.45, 7) is 1.26. The summed E-state index contributed by atoms with van der Waals surface area (Å²) in [5, 5.41) is 16.5. The third-order valence-electron chi connectivity index (χ3n) is 4.21. The van der Waals surface area contributed by atoms with Gasteiger partial charge in [0, 0.05) is 18.2 Å². The number of carbonyl (C=O) groups is 2. The number of amides is 1. The van der Waals surface area contributed by atoms with E-state index in [1.165, 1.54) is 19.1 Å². The average molecular weight is 405 g/mol. The molecule has 3 rings (SSSR count). The van der Waals surface area contributed by atoms with Gasteiger partial charge >= 0.3 is 5.97 Å². The predicted molar refractivity (Wildman–Crippen MR) is 99.6 cm³/mol. The molecule has 1 atom stereocenters. The molecule has 10 heteroatoms. The molecule has 0 bridgehead atoms. The molecule has 1 aliphatic carbocycles. The van der Waals surface area contributed by atoms with Crippen molar-refractivity contribution >= 4 is 28.9 Å². The molecule has 0 saturated heterocycles. The van der Waals surface area contributed by atoms with Gasteiger partial charge in [-0.1, -0.05) is 0 Å². The number of nitro groups is 1. The molecule has 0 unspecified atom stereocenters. The highest BCUT2D eigenvalue weighted by atomic mass is 19.1. The Morgan fingerprint density at radius 3 is 2.48 bits per heavy atom. The molecule has 29 heavy (non-hydrogen) atoms. The maximum atomic E-state index is 13.6. The van der Waals surface area contributed by atoms with E-state index in [1.807, 2.05) is 0 Å². The van der Waals surface area contributed by atoms with Gasteiger partial charge < -0.3 is 15.4 Å². The van der Waals surface area contributed by atoms with Crippen molar-refractivity contribution in [2.24, 2.45) is 0 Å². The Morgan fingerprint density at radius 1 is 1.17 bits per heavy atom. The monoisotopic (exact) mass is 405 g/mol. The van der Waals surface area contributed by atoms with Gasteiger partial charge in [-0.3, -0.25) is 14.9 Å². The topological polar surface area (TPSA) is 111 Å². The first-order chi connectivity index (χ1) is 13.7. The molecule has 1 aliphatic rings. The molecule has 2 aromatic carbocycles. The first-order valence-corrected chi connectivity index (χ1v) is 8.76. The zero-order chi connectivity index (χ0) is 21.1. The summed E-state index contributed by atoms with van der Waals surface area (Å²) in [7, 11) is 0. The van der Waals surface area contributed by atoms with E-state index in [4.69, 9.17) is 4.74 Å². The molecule has 8 nitrogen and oxygen atoms in total. The Hall–Kier alpha value is -3.56. The standard InChI is InChI=1S/C19H17F2N3O5/c1-10(18(25)23-15-7-3-12(20)9-14(15)21)29-19(26)11-2-6-16(22-13-4-5-13)17(8-11)24(27)28/h2-3,6-10,13,22H,4-5H2,1H3,(H,23,25)/t10-/m1/s1. The van der Waals surface area contributed by atoms with Gasteiger partial charge in [0.15, 0.2) is 6.10 Å². The van der Waals surface area contributed by atoms with Gasteiger partial charge in [0.25, 0.3) is 11.6 Å². The van der Waals surface area contributed by atoms with Crippen LogP contribution in [-0.4, -0.2) is 28.9 Å². The van der Waals surface area contributed by atoms with Gasteiger partial charge in [0.05, 0.1) is 16.2 Å². The molecule has 2 N–H and O–H groups in total. The van der Waals surface area contributed by atoms with Crippen molar-refractivity contribution in [1.29, 1.82) is 0 Å². The SMILES string of the molecule is C[C@@H](OC(=O)c1ccc(NC2CC2)c([N+](=O)[O-])c1)C(=O)Nc1ccc(F)cc1F. The molecule has 152 valence electrons. The molecule has 0 radical (unpaired) electrons. The number of nitro benzene ring substituents is 1. The molecule has 1 amide bonds. The van der Waals surface area contributed by atoms with E-state index in [0.29, 0.717) is 11.8 Å².